The predicted octanol–water partition coefficient (Wildman–Crippen LogP) is 3.17. The summed E-state index contributed by atoms with van der Waals surface area (Å²) >= 11 is 0. The van der Waals surface area contributed by atoms with Crippen LogP contribution in [0.2, 0.25) is 0 Å². The Morgan fingerprint density at radius 2 is 1.62 bits per heavy atom. The highest BCUT2D eigenvalue weighted by molar-refractivity contribution is 5.74. The third kappa shape index (κ3) is 6.11. The highest BCUT2D eigenvalue weighted by Gasteiger charge is 2.21. The summed E-state index contributed by atoms with van der Waals surface area (Å²) in [5.74, 6) is 0.151. The Morgan fingerprint density at radius 1 is 1.06 bits per heavy atom. The maximum Gasteiger partial charge on any atom is 0.335 e. The average Bonchev–Trinajstić information content (AvgIpc) is 2.27. The van der Waals surface area contributed by atoms with Crippen molar-refractivity contribution in [3.8, 4) is 0 Å². The van der Waals surface area contributed by atoms with E-state index in [4.69, 9.17) is 9.47 Å². The van der Waals surface area contributed by atoms with E-state index in [-0.39, 0.29) is 12.1 Å². The Kier molecular flexibility index (Phi) is 8.26. The van der Waals surface area contributed by atoms with Crippen molar-refractivity contribution in [2.75, 3.05) is 6.61 Å². The summed E-state index contributed by atoms with van der Waals surface area (Å²) in [4.78, 5) is 11.7. The zero-order valence-corrected chi connectivity index (χ0v) is 11.3. The number of carbonyl (C=O) groups excluding carboxylic acids is 1. The molecule has 16 heavy (non-hydrogen) atoms. The van der Waals surface area contributed by atoms with E-state index in [9.17, 15) is 4.79 Å². The molecule has 0 spiro atoms. The first-order chi connectivity index (χ1) is 7.54. The maximum absolute atomic E-state index is 11.7. The second kappa shape index (κ2) is 8.57. The van der Waals surface area contributed by atoms with E-state index in [2.05, 4.69) is 13.8 Å². The Bertz CT molecular complexity index is 186. The number of hydrogen-bond acceptors (Lipinski definition) is 3. The molecular formula is C13H26O3. The van der Waals surface area contributed by atoms with Gasteiger partial charge in [-0.2, -0.15) is 0 Å². The zero-order chi connectivity index (χ0) is 12.6. The largest absolute Gasteiger partial charge is 0.463 e. The van der Waals surface area contributed by atoms with Crippen LogP contribution in [0.15, 0.2) is 0 Å². The summed E-state index contributed by atoms with van der Waals surface area (Å²) in [7, 11) is 0. The molecule has 0 saturated heterocycles. The van der Waals surface area contributed by atoms with Gasteiger partial charge >= 0.3 is 5.97 Å². The molecule has 0 aliphatic heterocycles. The van der Waals surface area contributed by atoms with E-state index >= 15 is 0 Å². The lowest BCUT2D eigenvalue weighted by atomic mass is 10.2. The van der Waals surface area contributed by atoms with Crippen LogP contribution in [0.5, 0.6) is 0 Å². The number of esters is 1. The van der Waals surface area contributed by atoms with Gasteiger partial charge in [0.05, 0.1) is 12.7 Å². The fourth-order valence-electron chi connectivity index (χ4n) is 1.37. The molecule has 1 atom stereocenters. The summed E-state index contributed by atoms with van der Waals surface area (Å²) in [6, 6.07) is 0. The first-order valence-corrected chi connectivity index (χ1v) is 6.37. The first-order valence-electron chi connectivity index (χ1n) is 6.37. The topological polar surface area (TPSA) is 35.5 Å². The van der Waals surface area contributed by atoms with Gasteiger partial charge in [-0.15, -0.1) is 0 Å². The van der Waals surface area contributed by atoms with Crippen LogP contribution in [-0.2, 0) is 14.3 Å². The fourth-order valence-corrected chi connectivity index (χ4v) is 1.37. The second-order valence-electron chi connectivity index (χ2n) is 4.50. The lowest BCUT2D eigenvalue weighted by molar-refractivity contribution is -0.162. The van der Waals surface area contributed by atoms with Crippen molar-refractivity contribution in [1.82, 2.24) is 0 Å². The van der Waals surface area contributed by atoms with Crippen molar-refractivity contribution in [2.45, 2.75) is 66.1 Å². The van der Waals surface area contributed by atoms with Crippen molar-refractivity contribution in [1.29, 1.82) is 0 Å². The average molecular weight is 230 g/mol. The molecule has 0 aromatic rings. The molecule has 0 aromatic carbocycles. The fraction of sp³-hybridized carbons (Fsp3) is 0.923. The predicted molar refractivity (Wildman–Crippen MR) is 65.3 cm³/mol. The van der Waals surface area contributed by atoms with Crippen molar-refractivity contribution in [3.63, 3.8) is 0 Å². The minimum atomic E-state index is -0.399. The molecule has 0 aromatic heterocycles. The van der Waals surface area contributed by atoms with Gasteiger partial charge in [0.25, 0.3) is 0 Å². The smallest absolute Gasteiger partial charge is 0.335 e. The molecule has 3 nitrogen and oxygen atoms in total. The lowest BCUT2D eigenvalue weighted by Gasteiger charge is -2.21. The number of ether oxygens (including phenoxy) is 2. The van der Waals surface area contributed by atoms with Crippen molar-refractivity contribution < 1.29 is 14.3 Å². The molecule has 0 radical (unpaired) electrons. The van der Waals surface area contributed by atoms with Crippen LogP contribution in [0.25, 0.3) is 0 Å². The molecule has 0 amide bonds. The summed E-state index contributed by atoms with van der Waals surface area (Å²) in [5, 5.41) is 0. The van der Waals surface area contributed by atoms with Gasteiger partial charge in [0.1, 0.15) is 0 Å². The molecule has 0 N–H and O–H groups in total. The summed E-state index contributed by atoms with van der Waals surface area (Å²) in [6.07, 6.45) is 2.31. The third-order valence-corrected chi connectivity index (χ3v) is 2.46. The Hall–Kier alpha value is -0.570. The molecule has 0 heterocycles. The third-order valence-electron chi connectivity index (χ3n) is 2.46. The van der Waals surface area contributed by atoms with Gasteiger partial charge in [-0.3, -0.25) is 0 Å². The Morgan fingerprint density at radius 3 is 2.00 bits per heavy atom. The molecule has 0 aliphatic rings. The van der Waals surface area contributed by atoms with Crippen molar-refractivity contribution in [2.24, 2.45) is 5.92 Å². The minimum Gasteiger partial charge on any atom is -0.463 e. The van der Waals surface area contributed by atoms with E-state index in [1.165, 1.54) is 0 Å². The molecule has 0 saturated carbocycles. The van der Waals surface area contributed by atoms with Gasteiger partial charge in [0.2, 0.25) is 0 Å². The van der Waals surface area contributed by atoms with E-state index in [1.54, 1.807) is 0 Å². The van der Waals surface area contributed by atoms with Gasteiger partial charge in [0, 0.05) is 0 Å². The van der Waals surface area contributed by atoms with Gasteiger partial charge in [-0.25, -0.2) is 4.79 Å². The quantitative estimate of drug-likeness (QED) is 0.601. The minimum absolute atomic E-state index is 0.163. The van der Waals surface area contributed by atoms with E-state index in [1.807, 2.05) is 20.8 Å². The summed E-state index contributed by atoms with van der Waals surface area (Å²) in [6.45, 7) is 10.6. The maximum atomic E-state index is 11.7. The van der Waals surface area contributed by atoms with Gasteiger partial charge in [-0.05, 0) is 25.2 Å². The number of carbonyl (C=O) groups is 1. The molecule has 0 rings (SSSR count). The SMILES string of the molecule is CCC(CC)OC(CC)C(=O)OCC(C)C. The highest BCUT2D eigenvalue weighted by atomic mass is 16.6. The number of rotatable bonds is 8. The standard InChI is InChI=1S/C13H26O3/c1-6-11(7-2)16-12(8-3)13(14)15-9-10(4)5/h10-12H,6-9H2,1-5H3. The van der Waals surface area contributed by atoms with Crippen LogP contribution in [-0.4, -0.2) is 24.8 Å². The Balaban J connectivity index is 4.10. The first kappa shape index (κ1) is 15.4. The normalized spacial score (nSPS) is 13.2. The molecule has 3 heteroatoms. The monoisotopic (exact) mass is 230 g/mol. The van der Waals surface area contributed by atoms with Gasteiger partial charge in [-0.1, -0.05) is 34.6 Å². The number of hydrogen-bond donors (Lipinski definition) is 0. The molecular weight excluding hydrogens is 204 g/mol. The zero-order valence-electron chi connectivity index (χ0n) is 11.3. The second-order valence-corrected chi connectivity index (χ2v) is 4.50. The van der Waals surface area contributed by atoms with Crippen LogP contribution in [0, 0.1) is 5.92 Å². The molecule has 96 valence electrons. The summed E-state index contributed by atoms with van der Waals surface area (Å²) < 4.78 is 10.9. The summed E-state index contributed by atoms with van der Waals surface area (Å²) in [5.41, 5.74) is 0. The van der Waals surface area contributed by atoms with Crippen molar-refractivity contribution >= 4 is 5.97 Å². The lowest BCUT2D eigenvalue weighted by Crippen LogP contribution is -2.31. The van der Waals surface area contributed by atoms with Gasteiger partial charge < -0.3 is 9.47 Å². The van der Waals surface area contributed by atoms with Crippen LogP contribution >= 0.6 is 0 Å². The van der Waals surface area contributed by atoms with E-state index < -0.39 is 6.10 Å². The Labute approximate surface area is 99.5 Å². The van der Waals surface area contributed by atoms with Gasteiger partial charge in [0.15, 0.2) is 6.10 Å². The molecule has 0 aliphatic carbocycles. The van der Waals surface area contributed by atoms with Crippen molar-refractivity contribution in [3.05, 3.63) is 0 Å². The highest BCUT2D eigenvalue weighted by Crippen LogP contribution is 2.11. The molecule has 0 fully saturated rings. The molecule has 0 bridgehead atoms. The molecule has 1 unspecified atom stereocenters. The van der Waals surface area contributed by atoms with Crippen LogP contribution in [0.1, 0.15) is 53.9 Å². The van der Waals surface area contributed by atoms with Crippen LogP contribution < -0.4 is 0 Å². The van der Waals surface area contributed by atoms with E-state index in [0.717, 1.165) is 12.8 Å². The van der Waals surface area contributed by atoms with Crippen LogP contribution in [0.4, 0.5) is 0 Å². The van der Waals surface area contributed by atoms with E-state index in [0.29, 0.717) is 18.9 Å². The van der Waals surface area contributed by atoms with Crippen LogP contribution in [0.3, 0.4) is 0 Å².